The van der Waals surface area contributed by atoms with Crippen molar-refractivity contribution in [2.75, 3.05) is 0 Å². The molecule has 0 aliphatic heterocycles. The summed E-state index contributed by atoms with van der Waals surface area (Å²) in [5.41, 5.74) is 7.08. The van der Waals surface area contributed by atoms with E-state index >= 15 is 0 Å². The molecule has 0 N–H and O–H groups in total. The van der Waals surface area contributed by atoms with Crippen LogP contribution in [0, 0.1) is 0 Å². The standard InChI is InChI=1S/C28H26Cl2Si2/c29-31(27-17-9-3-10-18-27,23-25-13-5-1-6-14-25)21-22-32(30,28-19-11-4-12-20-28)24-26-15-7-2-8-16-26/h1-22H,23-24H2/b22-21+. The van der Waals surface area contributed by atoms with E-state index in [1.807, 2.05) is 24.3 Å². The van der Waals surface area contributed by atoms with Crippen LogP contribution in [0.3, 0.4) is 0 Å². The maximum absolute atomic E-state index is 7.51. The van der Waals surface area contributed by atoms with Crippen molar-refractivity contribution in [3.63, 3.8) is 0 Å². The second kappa shape index (κ2) is 10.5. The Balaban J connectivity index is 1.75. The van der Waals surface area contributed by atoms with Crippen LogP contribution in [0.1, 0.15) is 11.1 Å². The zero-order valence-corrected chi connectivity index (χ0v) is 21.4. The zero-order valence-electron chi connectivity index (χ0n) is 17.9. The molecule has 32 heavy (non-hydrogen) atoms. The molecule has 0 spiro atoms. The van der Waals surface area contributed by atoms with Crippen LogP contribution < -0.4 is 10.4 Å². The minimum absolute atomic E-state index is 0.831. The number of hydrogen-bond acceptors (Lipinski definition) is 0. The maximum atomic E-state index is 7.51. The van der Waals surface area contributed by atoms with Crippen molar-refractivity contribution in [2.24, 2.45) is 0 Å². The predicted molar refractivity (Wildman–Crippen MR) is 145 cm³/mol. The SMILES string of the molecule is Cl[Si](/C=C/[Si](Cl)(Cc1ccccc1)c1ccccc1)(Cc1ccccc1)c1ccccc1. The van der Waals surface area contributed by atoms with E-state index in [9.17, 15) is 0 Å². The van der Waals surface area contributed by atoms with Gasteiger partial charge in [-0.15, -0.1) is 0 Å². The second-order valence-electron chi connectivity index (χ2n) is 8.12. The lowest BCUT2D eigenvalue weighted by atomic mass is 10.2. The van der Waals surface area contributed by atoms with Crippen LogP contribution in [0.5, 0.6) is 0 Å². The second-order valence-corrected chi connectivity index (χ2v) is 18.1. The van der Waals surface area contributed by atoms with Gasteiger partial charge in [0, 0.05) is 0 Å². The number of benzene rings is 4. The van der Waals surface area contributed by atoms with Gasteiger partial charge in [-0.1, -0.05) is 133 Å². The van der Waals surface area contributed by atoms with Gasteiger partial charge < -0.3 is 0 Å². The number of hydrogen-bond donors (Lipinski definition) is 0. The Kier molecular flexibility index (Phi) is 7.49. The summed E-state index contributed by atoms with van der Waals surface area (Å²) in [6.07, 6.45) is 0. The monoisotopic (exact) mass is 488 g/mol. The van der Waals surface area contributed by atoms with Crippen LogP contribution in [0.2, 0.25) is 0 Å². The largest absolute Gasteiger partial charge is 0.213 e. The molecule has 0 aromatic heterocycles. The van der Waals surface area contributed by atoms with Gasteiger partial charge in [0.25, 0.3) is 0 Å². The summed E-state index contributed by atoms with van der Waals surface area (Å²) in [6, 6.07) is 43.7. The van der Waals surface area contributed by atoms with Gasteiger partial charge in [-0.2, -0.15) is 22.2 Å². The first kappa shape index (κ1) is 22.8. The molecule has 0 saturated carbocycles. The van der Waals surface area contributed by atoms with Gasteiger partial charge in [0.1, 0.15) is 0 Å². The molecule has 0 fully saturated rings. The summed E-state index contributed by atoms with van der Waals surface area (Å²) in [6.45, 7) is 0. The van der Waals surface area contributed by atoms with Crippen LogP contribution in [0.4, 0.5) is 0 Å². The fraction of sp³-hybridized carbons (Fsp3) is 0.0714. The molecule has 4 rings (SSSR count). The summed E-state index contributed by atoms with van der Waals surface area (Å²) in [5, 5.41) is 2.42. The third-order valence-electron chi connectivity index (χ3n) is 5.73. The van der Waals surface area contributed by atoms with Crippen LogP contribution in [-0.2, 0) is 12.1 Å². The predicted octanol–water partition coefficient (Wildman–Crippen LogP) is 6.37. The van der Waals surface area contributed by atoms with E-state index in [0.717, 1.165) is 12.1 Å². The molecule has 4 aromatic carbocycles. The molecule has 2 unspecified atom stereocenters. The lowest BCUT2D eigenvalue weighted by molar-refractivity contribution is 1.36. The van der Waals surface area contributed by atoms with E-state index in [0.29, 0.717) is 0 Å². The summed E-state index contributed by atoms with van der Waals surface area (Å²) < 4.78 is 0. The van der Waals surface area contributed by atoms with E-state index in [1.165, 1.54) is 21.5 Å². The normalized spacial score (nSPS) is 15.2. The average molecular weight is 490 g/mol. The van der Waals surface area contributed by atoms with Crippen molar-refractivity contribution < 1.29 is 0 Å². The Morgan fingerprint density at radius 2 is 0.719 bits per heavy atom. The van der Waals surface area contributed by atoms with E-state index < -0.39 is 14.8 Å². The number of halogens is 2. The summed E-state index contributed by atoms with van der Waals surface area (Å²) in [5.74, 6) is 0. The van der Waals surface area contributed by atoms with E-state index in [1.54, 1.807) is 0 Å². The molecule has 0 heterocycles. The average Bonchev–Trinajstić information content (AvgIpc) is 2.85. The van der Waals surface area contributed by atoms with E-state index in [4.69, 9.17) is 22.2 Å². The Morgan fingerprint density at radius 3 is 1.03 bits per heavy atom. The summed E-state index contributed by atoms with van der Waals surface area (Å²) >= 11 is 15.0. The highest BCUT2D eigenvalue weighted by Gasteiger charge is 2.35. The minimum Gasteiger partial charge on any atom is -0.155 e. The van der Waals surface area contributed by atoms with Crippen molar-refractivity contribution in [1.82, 2.24) is 0 Å². The molecule has 160 valence electrons. The van der Waals surface area contributed by atoms with Crippen molar-refractivity contribution in [3.8, 4) is 0 Å². The third kappa shape index (κ3) is 5.70. The first-order chi connectivity index (χ1) is 15.6. The highest BCUT2D eigenvalue weighted by atomic mass is 35.6. The molecule has 0 aliphatic carbocycles. The highest BCUT2D eigenvalue weighted by molar-refractivity contribution is 7.33. The molecule has 0 saturated heterocycles. The van der Waals surface area contributed by atoms with Gasteiger partial charge in [0.2, 0.25) is 14.8 Å². The van der Waals surface area contributed by atoms with Crippen molar-refractivity contribution in [2.45, 2.75) is 12.1 Å². The van der Waals surface area contributed by atoms with Crippen LogP contribution in [0.15, 0.2) is 133 Å². The Labute approximate surface area is 202 Å². The summed E-state index contributed by atoms with van der Waals surface area (Å²) in [4.78, 5) is 0. The molecule has 4 aromatic rings. The van der Waals surface area contributed by atoms with E-state index in [-0.39, 0.29) is 0 Å². The molecule has 0 aliphatic rings. The molecule has 0 radical (unpaired) electrons. The van der Waals surface area contributed by atoms with Gasteiger partial charge in [-0.25, -0.2) is 0 Å². The first-order valence-electron chi connectivity index (χ1n) is 10.8. The molecular formula is C28H26Cl2Si2. The molecule has 0 bridgehead atoms. The van der Waals surface area contributed by atoms with Crippen LogP contribution >= 0.6 is 22.2 Å². The van der Waals surface area contributed by atoms with Crippen LogP contribution in [-0.4, -0.2) is 14.8 Å². The Bertz CT molecular complexity index is 1040. The summed E-state index contributed by atoms with van der Waals surface area (Å²) in [7, 11) is -4.97. The van der Waals surface area contributed by atoms with Crippen LogP contribution in [0.25, 0.3) is 0 Å². The fourth-order valence-electron chi connectivity index (χ4n) is 3.99. The smallest absolute Gasteiger partial charge is 0.155 e. The molecule has 0 amide bonds. The zero-order chi connectivity index (χ0) is 22.3. The Morgan fingerprint density at radius 1 is 0.438 bits per heavy atom. The third-order valence-corrected chi connectivity index (χ3v) is 14.7. The quantitative estimate of drug-likeness (QED) is 0.199. The lowest BCUT2D eigenvalue weighted by Crippen LogP contribution is -2.47. The lowest BCUT2D eigenvalue weighted by Gasteiger charge is -2.26. The highest BCUT2D eigenvalue weighted by Crippen LogP contribution is 2.24. The number of rotatable bonds is 8. The first-order valence-corrected chi connectivity index (χ1v) is 17.4. The Hall–Kier alpha value is -2.37. The van der Waals surface area contributed by atoms with Gasteiger partial charge in [-0.3, -0.25) is 0 Å². The van der Waals surface area contributed by atoms with E-state index in [2.05, 4.69) is 108 Å². The van der Waals surface area contributed by atoms with Crippen molar-refractivity contribution in [1.29, 1.82) is 0 Å². The molecule has 0 nitrogen and oxygen atoms in total. The maximum Gasteiger partial charge on any atom is 0.213 e. The van der Waals surface area contributed by atoms with Gasteiger partial charge >= 0.3 is 0 Å². The minimum atomic E-state index is -2.48. The van der Waals surface area contributed by atoms with Gasteiger partial charge in [-0.05, 0) is 33.6 Å². The molecular weight excluding hydrogens is 463 g/mol. The fourth-order valence-corrected chi connectivity index (χ4v) is 13.1. The molecule has 4 heteroatoms. The topological polar surface area (TPSA) is 0 Å². The van der Waals surface area contributed by atoms with Gasteiger partial charge in [0.15, 0.2) is 0 Å². The van der Waals surface area contributed by atoms with Gasteiger partial charge in [0.05, 0.1) is 0 Å². The molecule has 2 atom stereocenters. The van der Waals surface area contributed by atoms with Crippen molar-refractivity contribution >= 4 is 47.3 Å². The van der Waals surface area contributed by atoms with Crippen molar-refractivity contribution in [3.05, 3.63) is 144 Å².